The molecule has 1 N–H and O–H groups in total. The van der Waals surface area contributed by atoms with Gasteiger partial charge >= 0.3 is 0 Å². The highest BCUT2D eigenvalue weighted by Gasteiger charge is 2.53. The summed E-state index contributed by atoms with van der Waals surface area (Å²) in [7, 11) is 0. The lowest BCUT2D eigenvalue weighted by molar-refractivity contribution is -0.125. The maximum absolute atomic E-state index is 12.2. The van der Waals surface area contributed by atoms with Crippen LogP contribution in [0.15, 0.2) is 29.3 Å². The van der Waals surface area contributed by atoms with Crippen LogP contribution < -0.4 is 5.32 Å². The average Bonchev–Trinajstić information content (AvgIpc) is 2.76. The Bertz CT molecular complexity index is 460. The molecule has 0 aromatic rings. The van der Waals surface area contributed by atoms with Gasteiger partial charge in [-0.2, -0.15) is 0 Å². The summed E-state index contributed by atoms with van der Waals surface area (Å²) >= 11 is 1.89. The Morgan fingerprint density at radius 3 is 3.21 bits per heavy atom. The number of nitrogens with zero attached hydrogens (tertiary/aromatic N) is 1. The van der Waals surface area contributed by atoms with Crippen LogP contribution in [0.2, 0.25) is 0 Å². The molecule has 0 saturated carbocycles. The lowest BCUT2D eigenvalue weighted by atomic mass is 9.74. The van der Waals surface area contributed by atoms with Crippen LogP contribution >= 0.6 is 24.2 Å². The van der Waals surface area contributed by atoms with Gasteiger partial charge in [0.05, 0.1) is 16.4 Å². The van der Waals surface area contributed by atoms with Gasteiger partial charge in [-0.1, -0.05) is 18.2 Å². The first-order valence-electron chi connectivity index (χ1n) is 6.60. The Kier molecular flexibility index (Phi) is 4.41. The Labute approximate surface area is 124 Å². The minimum Gasteiger partial charge on any atom is -0.356 e. The van der Waals surface area contributed by atoms with E-state index in [-0.39, 0.29) is 29.0 Å². The van der Waals surface area contributed by atoms with Crippen LogP contribution in [0, 0.1) is 11.8 Å². The Hall–Kier alpha value is -0.740. The van der Waals surface area contributed by atoms with Gasteiger partial charge in [-0.15, -0.1) is 24.2 Å². The average molecular weight is 299 g/mol. The molecule has 3 unspecified atom stereocenters. The van der Waals surface area contributed by atoms with Gasteiger partial charge in [0, 0.05) is 18.8 Å². The third-order valence-electron chi connectivity index (χ3n) is 4.06. The van der Waals surface area contributed by atoms with E-state index in [0.717, 1.165) is 31.0 Å². The van der Waals surface area contributed by atoms with Crippen LogP contribution in [0.1, 0.15) is 13.3 Å². The molecule has 2 heterocycles. The normalized spacial score (nSPS) is 34.9. The van der Waals surface area contributed by atoms with Crippen molar-refractivity contribution in [1.82, 2.24) is 5.32 Å². The van der Waals surface area contributed by atoms with Crippen LogP contribution in [-0.4, -0.2) is 35.2 Å². The predicted octanol–water partition coefficient (Wildman–Crippen LogP) is 2.23. The summed E-state index contributed by atoms with van der Waals surface area (Å²) in [6.45, 7) is 3.56. The van der Waals surface area contributed by atoms with Gasteiger partial charge < -0.3 is 5.32 Å². The van der Waals surface area contributed by atoms with E-state index in [2.05, 4.69) is 28.5 Å². The number of halogens is 1. The summed E-state index contributed by atoms with van der Waals surface area (Å²) < 4.78 is -0.0251. The minimum absolute atomic E-state index is 0. The number of amides is 1. The molecule has 0 bridgehead atoms. The molecule has 1 fully saturated rings. The third-order valence-corrected chi connectivity index (χ3v) is 5.71. The van der Waals surface area contributed by atoms with Crippen LogP contribution in [0.3, 0.4) is 0 Å². The molecule has 1 spiro atoms. The highest BCUT2D eigenvalue weighted by Crippen LogP contribution is 2.52. The quantitative estimate of drug-likeness (QED) is 0.849. The van der Waals surface area contributed by atoms with Crippen molar-refractivity contribution in [3.63, 3.8) is 0 Å². The standard InChI is InChI=1S/C14H18N2OS.ClH/c1-2-15-13(17)10-9-18-14-7-4-3-5-12(14)16-8-6-11(10)14;/h3-5,7,10-11H,2,6,8-9H2,1H3,(H,15,17);1H. The first-order valence-corrected chi connectivity index (χ1v) is 7.59. The fraction of sp³-hybridized carbons (Fsp3) is 0.571. The van der Waals surface area contributed by atoms with Gasteiger partial charge in [0.1, 0.15) is 0 Å². The van der Waals surface area contributed by atoms with E-state index in [1.165, 1.54) is 0 Å². The van der Waals surface area contributed by atoms with Crippen molar-refractivity contribution in [2.24, 2.45) is 16.8 Å². The zero-order chi connectivity index (χ0) is 12.6. The van der Waals surface area contributed by atoms with Crippen molar-refractivity contribution in [1.29, 1.82) is 0 Å². The van der Waals surface area contributed by atoms with Gasteiger partial charge in [0.15, 0.2) is 0 Å². The van der Waals surface area contributed by atoms with Crippen molar-refractivity contribution >= 4 is 35.8 Å². The van der Waals surface area contributed by atoms with Crippen LogP contribution in [0.5, 0.6) is 0 Å². The second-order valence-corrected chi connectivity index (χ2v) is 6.28. The second-order valence-electron chi connectivity index (χ2n) is 4.99. The number of hydrogen-bond acceptors (Lipinski definition) is 3. The summed E-state index contributed by atoms with van der Waals surface area (Å²) in [4.78, 5) is 16.8. The minimum atomic E-state index is -0.0251. The van der Waals surface area contributed by atoms with E-state index >= 15 is 0 Å². The number of carbonyl (C=O) groups is 1. The monoisotopic (exact) mass is 298 g/mol. The van der Waals surface area contributed by atoms with Gasteiger partial charge in [0.2, 0.25) is 5.91 Å². The van der Waals surface area contributed by atoms with E-state index < -0.39 is 0 Å². The van der Waals surface area contributed by atoms with Crippen LogP contribution in [0.25, 0.3) is 0 Å². The molecule has 3 nitrogen and oxygen atoms in total. The Morgan fingerprint density at radius 1 is 1.58 bits per heavy atom. The molecule has 104 valence electrons. The van der Waals surface area contributed by atoms with Gasteiger partial charge in [-0.3, -0.25) is 9.79 Å². The van der Waals surface area contributed by atoms with Crippen molar-refractivity contribution in [3.05, 3.63) is 24.3 Å². The molecule has 1 saturated heterocycles. The lowest BCUT2D eigenvalue weighted by Crippen LogP contribution is -2.46. The van der Waals surface area contributed by atoms with E-state index in [1.807, 2.05) is 24.8 Å². The topological polar surface area (TPSA) is 41.5 Å². The maximum atomic E-state index is 12.2. The summed E-state index contributed by atoms with van der Waals surface area (Å²) in [5.74, 6) is 1.67. The summed E-state index contributed by atoms with van der Waals surface area (Å²) in [5, 5.41) is 2.98. The molecule has 0 aromatic carbocycles. The third kappa shape index (κ3) is 2.25. The number of thioether (sulfide) groups is 1. The van der Waals surface area contributed by atoms with E-state index in [9.17, 15) is 4.79 Å². The van der Waals surface area contributed by atoms with E-state index in [4.69, 9.17) is 0 Å². The van der Waals surface area contributed by atoms with Crippen molar-refractivity contribution in [2.45, 2.75) is 18.1 Å². The fourth-order valence-electron chi connectivity index (χ4n) is 3.23. The molecular formula is C14H19ClN2OS. The zero-order valence-electron chi connectivity index (χ0n) is 11.0. The zero-order valence-corrected chi connectivity index (χ0v) is 12.6. The molecular weight excluding hydrogens is 280 g/mol. The lowest BCUT2D eigenvalue weighted by Gasteiger charge is -2.38. The summed E-state index contributed by atoms with van der Waals surface area (Å²) in [5.41, 5.74) is 1.16. The molecule has 3 rings (SSSR count). The van der Waals surface area contributed by atoms with Gasteiger partial charge in [0.25, 0.3) is 0 Å². The Balaban J connectivity index is 0.00000133. The van der Waals surface area contributed by atoms with Crippen molar-refractivity contribution in [2.75, 3.05) is 18.8 Å². The highest BCUT2D eigenvalue weighted by atomic mass is 35.5. The molecule has 1 aliphatic carbocycles. The van der Waals surface area contributed by atoms with E-state index in [1.54, 1.807) is 0 Å². The molecule has 2 aliphatic heterocycles. The van der Waals surface area contributed by atoms with Crippen molar-refractivity contribution < 1.29 is 4.79 Å². The molecule has 1 amide bonds. The molecule has 3 aliphatic rings. The summed E-state index contributed by atoms with van der Waals surface area (Å²) in [6, 6.07) is 0. The van der Waals surface area contributed by atoms with Crippen LogP contribution in [0.4, 0.5) is 0 Å². The first-order chi connectivity index (χ1) is 8.78. The molecule has 5 heteroatoms. The van der Waals surface area contributed by atoms with Crippen LogP contribution in [-0.2, 0) is 4.79 Å². The van der Waals surface area contributed by atoms with Crippen molar-refractivity contribution in [3.8, 4) is 0 Å². The number of rotatable bonds is 2. The fourth-order valence-corrected chi connectivity index (χ4v) is 5.02. The second kappa shape index (κ2) is 5.71. The molecule has 0 radical (unpaired) electrons. The number of nitrogens with one attached hydrogen (secondary N) is 1. The smallest absolute Gasteiger partial charge is 0.224 e. The van der Waals surface area contributed by atoms with E-state index in [0.29, 0.717) is 5.92 Å². The first kappa shape index (κ1) is 14.7. The number of hydrogen-bond donors (Lipinski definition) is 1. The molecule has 19 heavy (non-hydrogen) atoms. The van der Waals surface area contributed by atoms with Gasteiger partial charge in [-0.25, -0.2) is 0 Å². The maximum Gasteiger partial charge on any atom is 0.224 e. The number of aliphatic imine (C=N–C) groups is 1. The highest BCUT2D eigenvalue weighted by molar-refractivity contribution is 8.02. The predicted molar refractivity (Wildman–Crippen MR) is 83.3 cm³/mol. The largest absolute Gasteiger partial charge is 0.356 e. The Morgan fingerprint density at radius 2 is 2.42 bits per heavy atom. The summed E-state index contributed by atoms with van der Waals surface area (Å²) in [6.07, 6.45) is 9.53. The molecule has 0 aromatic heterocycles. The molecule has 3 atom stereocenters. The number of allylic oxidation sites excluding steroid dienone is 3. The SMILES string of the molecule is CCNC(=O)C1CSC23C=CC=CC2=NCCC13.Cl. The van der Waals surface area contributed by atoms with Gasteiger partial charge in [-0.05, 0) is 25.3 Å². The number of carbonyl (C=O) groups excluding carboxylic acids is 1.